The first kappa shape index (κ1) is 15.5. The van der Waals surface area contributed by atoms with E-state index in [0.29, 0.717) is 18.4 Å². The molecule has 1 N–H and O–H groups in total. The number of aryl methyl sites for hydroxylation is 1. The van der Waals surface area contributed by atoms with Crippen molar-refractivity contribution in [2.75, 3.05) is 25.0 Å². The summed E-state index contributed by atoms with van der Waals surface area (Å²) in [7, 11) is 0. The Balaban J connectivity index is 1.92. The highest BCUT2D eigenvalue weighted by atomic mass is 79.9. The molecule has 1 heterocycles. The Bertz CT molecular complexity index is 479. The van der Waals surface area contributed by atoms with Crippen LogP contribution in [0.4, 0.5) is 5.69 Å². The second-order valence-electron chi connectivity index (χ2n) is 6.17. The second kappa shape index (κ2) is 6.72. The highest BCUT2D eigenvalue weighted by Crippen LogP contribution is 2.24. The third-order valence-electron chi connectivity index (χ3n) is 3.71. The van der Waals surface area contributed by atoms with Crippen molar-refractivity contribution in [3.63, 3.8) is 0 Å². The molecule has 4 heteroatoms. The molecule has 20 heavy (non-hydrogen) atoms. The van der Waals surface area contributed by atoms with Gasteiger partial charge in [0.05, 0.1) is 12.2 Å². The molecule has 0 saturated carbocycles. The molecule has 0 aliphatic carbocycles. The fraction of sp³-hybridized carbons (Fsp3) is 0.562. The van der Waals surface area contributed by atoms with Gasteiger partial charge < -0.3 is 5.32 Å². The van der Waals surface area contributed by atoms with E-state index >= 15 is 0 Å². The lowest BCUT2D eigenvalue weighted by Crippen LogP contribution is -2.42. The standard InChI is InChI=1S/C16H23BrN2O/c1-11-4-5-15(14(17)7-11)18-16(20)10-19-8-12(2)6-13(3)9-19/h4-5,7,12-13H,6,8-10H2,1-3H3,(H,18,20)/t12-,13-/m0/s1. The van der Waals surface area contributed by atoms with Crippen molar-refractivity contribution in [2.45, 2.75) is 27.2 Å². The molecule has 0 radical (unpaired) electrons. The number of amides is 1. The molecule has 0 unspecified atom stereocenters. The van der Waals surface area contributed by atoms with Gasteiger partial charge in [0.2, 0.25) is 5.91 Å². The average molecular weight is 339 g/mol. The Morgan fingerprint density at radius 3 is 2.60 bits per heavy atom. The van der Waals surface area contributed by atoms with E-state index in [1.165, 1.54) is 12.0 Å². The van der Waals surface area contributed by atoms with E-state index in [0.717, 1.165) is 23.2 Å². The van der Waals surface area contributed by atoms with E-state index in [2.05, 4.69) is 40.0 Å². The molecule has 1 amide bonds. The molecule has 2 atom stereocenters. The average Bonchev–Trinajstić information content (AvgIpc) is 2.31. The van der Waals surface area contributed by atoms with Crippen LogP contribution in [0.2, 0.25) is 0 Å². The predicted molar refractivity (Wildman–Crippen MR) is 86.9 cm³/mol. The van der Waals surface area contributed by atoms with Gasteiger partial charge in [0.1, 0.15) is 0 Å². The summed E-state index contributed by atoms with van der Waals surface area (Å²) >= 11 is 3.49. The molecule has 1 fully saturated rings. The zero-order valence-corrected chi connectivity index (χ0v) is 14.0. The van der Waals surface area contributed by atoms with Gasteiger partial charge in [-0.2, -0.15) is 0 Å². The molecule has 1 aliphatic rings. The minimum absolute atomic E-state index is 0.0656. The quantitative estimate of drug-likeness (QED) is 0.911. The van der Waals surface area contributed by atoms with Crippen molar-refractivity contribution in [1.29, 1.82) is 0 Å². The lowest BCUT2D eigenvalue weighted by atomic mass is 9.92. The van der Waals surface area contributed by atoms with E-state index in [4.69, 9.17) is 0 Å². The van der Waals surface area contributed by atoms with Gasteiger partial charge in [-0.15, -0.1) is 0 Å². The van der Waals surface area contributed by atoms with Gasteiger partial charge in [-0.05, 0) is 58.8 Å². The van der Waals surface area contributed by atoms with E-state index in [1.54, 1.807) is 0 Å². The molecule has 1 aromatic carbocycles. The number of nitrogens with one attached hydrogen (secondary N) is 1. The SMILES string of the molecule is Cc1ccc(NC(=O)CN2C[C@@H](C)C[C@H](C)C2)c(Br)c1. The van der Waals surface area contributed by atoms with E-state index < -0.39 is 0 Å². The molecule has 0 spiro atoms. The molecule has 3 nitrogen and oxygen atoms in total. The maximum atomic E-state index is 12.2. The summed E-state index contributed by atoms with van der Waals surface area (Å²) in [4.78, 5) is 14.4. The van der Waals surface area contributed by atoms with E-state index in [1.807, 2.05) is 25.1 Å². The van der Waals surface area contributed by atoms with Gasteiger partial charge in [-0.1, -0.05) is 19.9 Å². The van der Waals surface area contributed by atoms with Crippen molar-refractivity contribution in [3.8, 4) is 0 Å². The number of piperidine rings is 1. The summed E-state index contributed by atoms with van der Waals surface area (Å²) in [6.45, 7) is 9.08. The first-order chi connectivity index (χ1) is 9.44. The number of rotatable bonds is 3. The van der Waals surface area contributed by atoms with Crippen molar-refractivity contribution in [2.24, 2.45) is 11.8 Å². The Kier molecular flexibility index (Phi) is 5.22. The van der Waals surface area contributed by atoms with E-state index in [-0.39, 0.29) is 5.91 Å². The lowest BCUT2D eigenvalue weighted by Gasteiger charge is -2.34. The van der Waals surface area contributed by atoms with Crippen molar-refractivity contribution >= 4 is 27.5 Å². The lowest BCUT2D eigenvalue weighted by molar-refractivity contribution is -0.117. The summed E-state index contributed by atoms with van der Waals surface area (Å²) in [5, 5.41) is 2.99. The third-order valence-corrected chi connectivity index (χ3v) is 4.37. The molecule has 1 aliphatic heterocycles. The number of carbonyl (C=O) groups excluding carboxylic acids is 1. The molecule has 0 bridgehead atoms. The molecule has 2 rings (SSSR count). The van der Waals surface area contributed by atoms with Crippen LogP contribution in [-0.2, 0) is 4.79 Å². The minimum atomic E-state index is 0.0656. The third kappa shape index (κ3) is 4.32. The van der Waals surface area contributed by atoms with Crippen LogP contribution >= 0.6 is 15.9 Å². The van der Waals surface area contributed by atoms with Gasteiger partial charge in [0, 0.05) is 17.6 Å². The number of likely N-dealkylation sites (tertiary alicyclic amines) is 1. The van der Waals surface area contributed by atoms with Crippen LogP contribution in [0, 0.1) is 18.8 Å². The topological polar surface area (TPSA) is 32.3 Å². The van der Waals surface area contributed by atoms with Crippen LogP contribution in [0.5, 0.6) is 0 Å². The molecule has 1 saturated heterocycles. The first-order valence-corrected chi connectivity index (χ1v) is 8.01. The van der Waals surface area contributed by atoms with Crippen LogP contribution in [-0.4, -0.2) is 30.4 Å². The summed E-state index contributed by atoms with van der Waals surface area (Å²) in [6, 6.07) is 5.96. The molecular weight excluding hydrogens is 316 g/mol. The second-order valence-corrected chi connectivity index (χ2v) is 7.03. The van der Waals surface area contributed by atoms with Crippen LogP contribution < -0.4 is 5.32 Å². The van der Waals surface area contributed by atoms with Gasteiger partial charge in [-0.3, -0.25) is 9.69 Å². The van der Waals surface area contributed by atoms with Crippen LogP contribution in [0.25, 0.3) is 0 Å². The number of carbonyl (C=O) groups is 1. The fourth-order valence-electron chi connectivity index (χ4n) is 3.04. The first-order valence-electron chi connectivity index (χ1n) is 7.22. The van der Waals surface area contributed by atoms with Gasteiger partial charge in [0.25, 0.3) is 0 Å². The number of nitrogens with zero attached hydrogens (tertiary/aromatic N) is 1. The van der Waals surface area contributed by atoms with E-state index in [9.17, 15) is 4.79 Å². The normalized spacial score (nSPS) is 23.6. The van der Waals surface area contributed by atoms with Crippen LogP contribution in [0.15, 0.2) is 22.7 Å². The Morgan fingerprint density at radius 1 is 1.35 bits per heavy atom. The Hall–Kier alpha value is -0.870. The number of anilines is 1. The maximum absolute atomic E-state index is 12.2. The molecule has 110 valence electrons. The predicted octanol–water partition coefficient (Wildman–Crippen LogP) is 3.67. The summed E-state index contributed by atoms with van der Waals surface area (Å²) in [5.41, 5.74) is 2.02. The van der Waals surface area contributed by atoms with Crippen molar-refractivity contribution in [3.05, 3.63) is 28.2 Å². The summed E-state index contributed by atoms with van der Waals surface area (Å²) < 4.78 is 0.936. The number of hydrogen-bond acceptors (Lipinski definition) is 2. The van der Waals surface area contributed by atoms with Crippen LogP contribution in [0.3, 0.4) is 0 Å². The monoisotopic (exact) mass is 338 g/mol. The molecule has 1 aromatic rings. The van der Waals surface area contributed by atoms with Gasteiger partial charge in [0.15, 0.2) is 0 Å². The van der Waals surface area contributed by atoms with Crippen LogP contribution in [0.1, 0.15) is 25.8 Å². The van der Waals surface area contributed by atoms with Crippen molar-refractivity contribution < 1.29 is 4.79 Å². The van der Waals surface area contributed by atoms with Gasteiger partial charge in [-0.25, -0.2) is 0 Å². The van der Waals surface area contributed by atoms with Gasteiger partial charge >= 0.3 is 0 Å². The fourth-order valence-corrected chi connectivity index (χ4v) is 3.63. The zero-order chi connectivity index (χ0) is 14.7. The minimum Gasteiger partial charge on any atom is -0.324 e. The molecule has 0 aromatic heterocycles. The highest BCUT2D eigenvalue weighted by molar-refractivity contribution is 9.10. The summed E-state index contributed by atoms with van der Waals surface area (Å²) in [5.74, 6) is 1.42. The smallest absolute Gasteiger partial charge is 0.238 e. The Labute approximate surface area is 129 Å². The molecular formula is C16H23BrN2O. The zero-order valence-electron chi connectivity index (χ0n) is 12.4. The number of benzene rings is 1. The maximum Gasteiger partial charge on any atom is 0.238 e. The summed E-state index contributed by atoms with van der Waals surface area (Å²) in [6.07, 6.45) is 1.27. The number of hydrogen-bond donors (Lipinski definition) is 1. The Morgan fingerprint density at radius 2 is 2.00 bits per heavy atom. The van der Waals surface area contributed by atoms with Crippen molar-refractivity contribution in [1.82, 2.24) is 4.90 Å². The highest BCUT2D eigenvalue weighted by Gasteiger charge is 2.23. The number of halogens is 1. The largest absolute Gasteiger partial charge is 0.324 e.